The molecule has 0 unspecified atom stereocenters. The van der Waals surface area contributed by atoms with Crippen LogP contribution in [0.5, 0.6) is 5.75 Å². The number of carbonyl (C=O) groups is 2. The van der Waals surface area contributed by atoms with Gasteiger partial charge >= 0.3 is 0 Å². The third-order valence-corrected chi connectivity index (χ3v) is 9.78. The van der Waals surface area contributed by atoms with Crippen LogP contribution in [0.3, 0.4) is 0 Å². The molecule has 1 N–H and O–H groups in total. The van der Waals surface area contributed by atoms with Crippen molar-refractivity contribution in [3.8, 4) is 5.75 Å². The van der Waals surface area contributed by atoms with E-state index in [4.69, 9.17) is 4.74 Å². The maximum Gasteiger partial charge on any atom is 0.264 e. The zero-order chi connectivity index (χ0) is 33.3. The number of carbonyl (C=O) groups excluding carboxylic acids is 2. The monoisotopic (exact) mass is 641 g/mol. The molecule has 0 saturated heterocycles. The van der Waals surface area contributed by atoms with Crippen LogP contribution in [-0.2, 0) is 32.6 Å². The summed E-state index contributed by atoms with van der Waals surface area (Å²) in [6.07, 6.45) is 0.955. The summed E-state index contributed by atoms with van der Waals surface area (Å²) in [5, 5.41) is 3.06. The SMILES string of the molecule is CC[C@H](C)NC(=O)[C@@H](Cc1ccccc1)N(Cc1cccc(OC)c1)C(=O)CN(c1cc(C)ccc1C)S(=O)(=O)c1ccccc1. The highest BCUT2D eigenvalue weighted by atomic mass is 32.2. The molecule has 4 aromatic rings. The fourth-order valence-corrected chi connectivity index (χ4v) is 6.68. The summed E-state index contributed by atoms with van der Waals surface area (Å²) in [4.78, 5) is 30.2. The summed E-state index contributed by atoms with van der Waals surface area (Å²) in [5.41, 5.74) is 3.57. The standard InChI is InChI=1S/C37H43N3O5S/c1-6-29(4)38-37(42)35(24-30-14-9-7-10-15-30)39(25-31-16-13-17-32(23-31)45-5)36(41)26-40(34-22-27(2)20-21-28(34)3)46(43,44)33-18-11-8-12-19-33/h7-23,29,35H,6,24-26H2,1-5H3,(H,38,42)/t29-,35+/m0/s1. The Bertz CT molecular complexity index is 1730. The van der Waals surface area contributed by atoms with Crippen molar-refractivity contribution in [1.82, 2.24) is 10.2 Å². The molecule has 0 heterocycles. The summed E-state index contributed by atoms with van der Waals surface area (Å²) in [5.74, 6) is -0.209. The van der Waals surface area contributed by atoms with Gasteiger partial charge in [-0.15, -0.1) is 0 Å². The molecule has 8 nitrogen and oxygen atoms in total. The number of nitrogens with one attached hydrogen (secondary N) is 1. The minimum atomic E-state index is -4.17. The highest BCUT2D eigenvalue weighted by molar-refractivity contribution is 7.92. The van der Waals surface area contributed by atoms with Crippen molar-refractivity contribution >= 4 is 27.5 Å². The predicted octanol–water partition coefficient (Wildman–Crippen LogP) is 6.06. The normalized spacial score (nSPS) is 12.5. The van der Waals surface area contributed by atoms with Crippen LogP contribution in [0.1, 0.15) is 42.5 Å². The smallest absolute Gasteiger partial charge is 0.264 e. The number of nitrogens with zero attached hydrogens (tertiary/aromatic N) is 2. The van der Waals surface area contributed by atoms with Gasteiger partial charge in [0.25, 0.3) is 10.0 Å². The molecular weight excluding hydrogens is 598 g/mol. The Hall–Kier alpha value is -4.63. The molecule has 0 aromatic heterocycles. The van der Waals surface area contributed by atoms with Crippen molar-refractivity contribution in [3.63, 3.8) is 0 Å². The largest absolute Gasteiger partial charge is 0.497 e. The second-order valence-corrected chi connectivity index (χ2v) is 13.4. The molecule has 4 aromatic carbocycles. The number of hydrogen-bond donors (Lipinski definition) is 1. The van der Waals surface area contributed by atoms with Gasteiger partial charge in [-0.1, -0.05) is 79.7 Å². The minimum absolute atomic E-state index is 0.0630. The number of amides is 2. The lowest BCUT2D eigenvalue weighted by Crippen LogP contribution is -2.54. The van der Waals surface area contributed by atoms with Crippen molar-refractivity contribution in [2.45, 2.75) is 64.1 Å². The summed E-state index contributed by atoms with van der Waals surface area (Å²) in [6, 6.07) is 29.4. The molecule has 0 spiro atoms. The van der Waals surface area contributed by atoms with Gasteiger partial charge in [0, 0.05) is 19.0 Å². The van der Waals surface area contributed by atoms with Gasteiger partial charge in [0.05, 0.1) is 17.7 Å². The maximum atomic E-state index is 14.7. The van der Waals surface area contributed by atoms with Crippen LogP contribution in [-0.4, -0.2) is 50.9 Å². The van der Waals surface area contributed by atoms with Crippen LogP contribution < -0.4 is 14.4 Å². The lowest BCUT2D eigenvalue weighted by atomic mass is 10.0. The van der Waals surface area contributed by atoms with Crippen molar-refractivity contribution in [2.24, 2.45) is 0 Å². The minimum Gasteiger partial charge on any atom is -0.497 e. The molecule has 2 atom stereocenters. The molecule has 0 saturated carbocycles. The Morgan fingerprint density at radius 1 is 0.848 bits per heavy atom. The first kappa shape index (κ1) is 34.2. The van der Waals surface area contributed by atoms with Gasteiger partial charge in [-0.2, -0.15) is 0 Å². The number of ether oxygens (including phenoxy) is 1. The van der Waals surface area contributed by atoms with E-state index in [0.29, 0.717) is 23.4 Å². The van der Waals surface area contributed by atoms with Crippen molar-refractivity contribution in [2.75, 3.05) is 18.0 Å². The van der Waals surface area contributed by atoms with Crippen LogP contribution >= 0.6 is 0 Å². The van der Waals surface area contributed by atoms with Crippen molar-refractivity contribution in [3.05, 3.63) is 125 Å². The van der Waals surface area contributed by atoms with E-state index in [9.17, 15) is 18.0 Å². The van der Waals surface area contributed by atoms with Crippen LogP contribution in [0.2, 0.25) is 0 Å². The molecule has 0 aliphatic carbocycles. The average Bonchev–Trinajstić information content (AvgIpc) is 3.07. The first-order valence-corrected chi connectivity index (χ1v) is 16.9. The van der Waals surface area contributed by atoms with Gasteiger partial charge in [-0.25, -0.2) is 8.42 Å². The van der Waals surface area contributed by atoms with Crippen molar-refractivity contribution in [1.29, 1.82) is 0 Å². The Morgan fingerprint density at radius 3 is 2.15 bits per heavy atom. The van der Waals surface area contributed by atoms with E-state index < -0.39 is 28.5 Å². The summed E-state index contributed by atoms with van der Waals surface area (Å²) in [7, 11) is -2.60. The molecule has 0 aliphatic rings. The molecule has 242 valence electrons. The van der Waals surface area contributed by atoms with Crippen molar-refractivity contribution < 1.29 is 22.7 Å². The lowest BCUT2D eigenvalue weighted by molar-refractivity contribution is -0.140. The van der Waals surface area contributed by atoms with E-state index in [2.05, 4.69) is 5.32 Å². The molecule has 0 fully saturated rings. The van der Waals surface area contributed by atoms with E-state index in [-0.39, 0.29) is 29.8 Å². The van der Waals surface area contributed by atoms with E-state index in [1.165, 1.54) is 17.0 Å². The zero-order valence-corrected chi connectivity index (χ0v) is 28.0. The molecule has 2 amide bonds. The van der Waals surface area contributed by atoms with Gasteiger partial charge in [0.1, 0.15) is 18.3 Å². The number of aryl methyl sites for hydroxylation is 2. The number of sulfonamides is 1. The van der Waals surface area contributed by atoms with Crippen LogP contribution in [0.25, 0.3) is 0 Å². The van der Waals surface area contributed by atoms with E-state index in [1.54, 1.807) is 37.4 Å². The third-order valence-electron chi connectivity index (χ3n) is 8.00. The zero-order valence-electron chi connectivity index (χ0n) is 27.1. The fourth-order valence-electron chi connectivity index (χ4n) is 5.18. The highest BCUT2D eigenvalue weighted by Gasteiger charge is 2.35. The van der Waals surface area contributed by atoms with Gasteiger partial charge in [0.15, 0.2) is 0 Å². The van der Waals surface area contributed by atoms with E-state index in [0.717, 1.165) is 21.0 Å². The number of rotatable bonds is 14. The quantitative estimate of drug-likeness (QED) is 0.181. The first-order chi connectivity index (χ1) is 22.0. The summed E-state index contributed by atoms with van der Waals surface area (Å²) in [6.45, 7) is 7.15. The van der Waals surface area contributed by atoms with Crippen LogP contribution in [0.4, 0.5) is 5.69 Å². The average molecular weight is 642 g/mol. The Morgan fingerprint density at radius 2 is 1.50 bits per heavy atom. The third kappa shape index (κ3) is 8.54. The number of methoxy groups -OCH3 is 1. The van der Waals surface area contributed by atoms with E-state index in [1.807, 2.05) is 88.4 Å². The van der Waals surface area contributed by atoms with Gasteiger partial charge in [-0.3, -0.25) is 13.9 Å². The number of anilines is 1. The first-order valence-electron chi connectivity index (χ1n) is 15.4. The molecule has 0 bridgehead atoms. The molecular formula is C37H43N3O5S. The molecule has 9 heteroatoms. The molecule has 4 rings (SSSR count). The second kappa shape index (κ2) is 15.6. The molecule has 0 aliphatic heterocycles. The topological polar surface area (TPSA) is 96.0 Å². The molecule has 0 radical (unpaired) electrons. The maximum absolute atomic E-state index is 14.7. The van der Waals surface area contributed by atoms with Gasteiger partial charge in [-0.05, 0) is 79.8 Å². The van der Waals surface area contributed by atoms with E-state index >= 15 is 0 Å². The molecule has 46 heavy (non-hydrogen) atoms. The van der Waals surface area contributed by atoms with Crippen LogP contribution in [0, 0.1) is 13.8 Å². The number of benzene rings is 4. The summed E-state index contributed by atoms with van der Waals surface area (Å²) < 4.78 is 35.1. The Balaban J connectivity index is 1.84. The highest BCUT2D eigenvalue weighted by Crippen LogP contribution is 2.29. The summed E-state index contributed by atoms with van der Waals surface area (Å²) >= 11 is 0. The Labute approximate surface area is 273 Å². The van der Waals surface area contributed by atoms with Gasteiger partial charge < -0.3 is 15.0 Å². The predicted molar refractivity (Wildman–Crippen MR) is 182 cm³/mol. The number of hydrogen-bond acceptors (Lipinski definition) is 5. The fraction of sp³-hybridized carbons (Fsp3) is 0.297. The lowest BCUT2D eigenvalue weighted by Gasteiger charge is -2.34. The second-order valence-electron chi connectivity index (χ2n) is 11.5. The van der Waals surface area contributed by atoms with Gasteiger partial charge in [0.2, 0.25) is 11.8 Å². The Kier molecular flexibility index (Phi) is 11.6. The van der Waals surface area contributed by atoms with Crippen LogP contribution in [0.15, 0.2) is 108 Å².